The van der Waals surface area contributed by atoms with Crippen LogP contribution in [0.5, 0.6) is 0 Å². The quantitative estimate of drug-likeness (QED) is 0.759. The summed E-state index contributed by atoms with van der Waals surface area (Å²) in [5.41, 5.74) is 0.878. The first-order valence-electron chi connectivity index (χ1n) is 6.32. The Labute approximate surface area is 109 Å². The molecule has 1 aromatic carbocycles. The van der Waals surface area contributed by atoms with Crippen molar-refractivity contribution in [1.29, 1.82) is 0 Å². The Kier molecular flexibility index (Phi) is 6.15. The zero-order valence-corrected chi connectivity index (χ0v) is 11.0. The zero-order chi connectivity index (χ0) is 13.4. The van der Waals surface area contributed by atoms with E-state index >= 15 is 0 Å². The van der Waals surface area contributed by atoms with E-state index in [9.17, 15) is 9.90 Å². The maximum Gasteiger partial charge on any atom is 0.243 e. The van der Waals surface area contributed by atoms with E-state index in [2.05, 4.69) is 5.32 Å². The van der Waals surface area contributed by atoms with E-state index < -0.39 is 6.10 Å². The third-order valence-corrected chi connectivity index (χ3v) is 2.78. The zero-order valence-electron chi connectivity index (χ0n) is 11.0. The van der Waals surface area contributed by atoms with Gasteiger partial charge in [-0.25, -0.2) is 0 Å². The van der Waals surface area contributed by atoms with Crippen LogP contribution in [-0.4, -0.2) is 17.6 Å². The Morgan fingerprint density at radius 1 is 1.39 bits per heavy atom. The lowest BCUT2D eigenvalue weighted by atomic mass is 9.97. The average Bonchev–Trinajstić information content (AvgIpc) is 2.42. The van der Waals surface area contributed by atoms with Gasteiger partial charge in [0.15, 0.2) is 0 Å². The van der Waals surface area contributed by atoms with Crippen molar-refractivity contribution in [3.63, 3.8) is 0 Å². The number of carbonyl (C=O) groups is 1. The molecule has 98 valence electrons. The van der Waals surface area contributed by atoms with Crippen molar-refractivity contribution in [2.75, 3.05) is 6.54 Å². The second-order valence-corrected chi connectivity index (χ2v) is 4.39. The monoisotopic (exact) mass is 247 g/mol. The SMILES string of the molecule is CCC=CC(=O)NC[C@H](C)[C@H](O)c1ccccc1. The number of hydrogen-bond donors (Lipinski definition) is 2. The molecule has 2 N–H and O–H groups in total. The summed E-state index contributed by atoms with van der Waals surface area (Å²) >= 11 is 0. The van der Waals surface area contributed by atoms with Crippen molar-refractivity contribution in [3.05, 3.63) is 48.0 Å². The predicted octanol–water partition coefficient (Wildman–Crippen LogP) is 2.44. The Morgan fingerprint density at radius 3 is 2.67 bits per heavy atom. The minimum absolute atomic E-state index is 0.0219. The predicted molar refractivity (Wildman–Crippen MR) is 73.0 cm³/mol. The molecule has 0 aromatic heterocycles. The van der Waals surface area contributed by atoms with Crippen LogP contribution < -0.4 is 5.32 Å². The third kappa shape index (κ3) is 4.72. The van der Waals surface area contributed by atoms with E-state index in [1.807, 2.05) is 50.3 Å². The first-order chi connectivity index (χ1) is 8.65. The lowest BCUT2D eigenvalue weighted by Crippen LogP contribution is -2.29. The Bertz CT molecular complexity index is 387. The molecule has 0 radical (unpaired) electrons. The van der Waals surface area contributed by atoms with Gasteiger partial charge in [0, 0.05) is 12.5 Å². The van der Waals surface area contributed by atoms with E-state index in [0.717, 1.165) is 12.0 Å². The molecule has 0 bridgehead atoms. The molecule has 1 rings (SSSR count). The van der Waals surface area contributed by atoms with Crippen molar-refractivity contribution in [1.82, 2.24) is 5.32 Å². The van der Waals surface area contributed by atoms with Crippen LogP contribution in [0.2, 0.25) is 0 Å². The van der Waals surface area contributed by atoms with E-state index in [4.69, 9.17) is 0 Å². The maximum absolute atomic E-state index is 11.4. The molecule has 0 heterocycles. The number of rotatable bonds is 6. The number of aliphatic hydroxyl groups is 1. The van der Waals surface area contributed by atoms with Crippen molar-refractivity contribution in [3.8, 4) is 0 Å². The molecule has 0 fully saturated rings. The highest BCUT2D eigenvalue weighted by molar-refractivity contribution is 5.87. The van der Waals surface area contributed by atoms with Crippen LogP contribution in [0.4, 0.5) is 0 Å². The summed E-state index contributed by atoms with van der Waals surface area (Å²) in [7, 11) is 0. The number of aliphatic hydroxyl groups excluding tert-OH is 1. The minimum Gasteiger partial charge on any atom is -0.388 e. The molecule has 0 unspecified atom stereocenters. The largest absolute Gasteiger partial charge is 0.388 e. The van der Waals surface area contributed by atoms with Crippen LogP contribution in [0.1, 0.15) is 31.9 Å². The number of allylic oxidation sites excluding steroid dienone is 1. The van der Waals surface area contributed by atoms with Gasteiger partial charge in [0.25, 0.3) is 0 Å². The topological polar surface area (TPSA) is 49.3 Å². The molecule has 3 heteroatoms. The smallest absolute Gasteiger partial charge is 0.243 e. The van der Waals surface area contributed by atoms with Crippen molar-refractivity contribution in [2.24, 2.45) is 5.92 Å². The first-order valence-corrected chi connectivity index (χ1v) is 6.32. The van der Waals surface area contributed by atoms with E-state index in [1.54, 1.807) is 0 Å². The van der Waals surface area contributed by atoms with E-state index in [1.165, 1.54) is 6.08 Å². The van der Waals surface area contributed by atoms with Gasteiger partial charge in [-0.15, -0.1) is 0 Å². The summed E-state index contributed by atoms with van der Waals surface area (Å²) in [5, 5.41) is 12.9. The molecule has 0 aliphatic carbocycles. The summed E-state index contributed by atoms with van der Waals surface area (Å²) in [4.78, 5) is 11.4. The molecule has 0 aliphatic heterocycles. The van der Waals surface area contributed by atoms with Crippen molar-refractivity contribution < 1.29 is 9.90 Å². The standard InChI is InChI=1S/C15H21NO2/c1-3-4-10-14(17)16-11-12(2)15(18)13-8-6-5-7-9-13/h4-10,12,15,18H,3,11H2,1-2H3,(H,16,17)/t12-,15-/m0/s1. The van der Waals surface area contributed by atoms with E-state index in [0.29, 0.717) is 6.54 Å². The second kappa shape index (κ2) is 7.67. The lowest BCUT2D eigenvalue weighted by Gasteiger charge is -2.19. The van der Waals surface area contributed by atoms with Crippen LogP contribution in [0.3, 0.4) is 0 Å². The molecule has 1 amide bonds. The molecule has 1 aromatic rings. The molecular formula is C15H21NO2. The summed E-state index contributed by atoms with van der Waals surface area (Å²) in [6, 6.07) is 9.49. The maximum atomic E-state index is 11.4. The molecular weight excluding hydrogens is 226 g/mol. The summed E-state index contributed by atoms with van der Waals surface area (Å²) in [6.45, 7) is 4.36. The van der Waals surface area contributed by atoms with Gasteiger partial charge < -0.3 is 10.4 Å². The average molecular weight is 247 g/mol. The van der Waals surface area contributed by atoms with Gasteiger partial charge in [-0.2, -0.15) is 0 Å². The fourth-order valence-electron chi connectivity index (χ4n) is 1.64. The van der Waals surface area contributed by atoms with Gasteiger partial charge in [0.2, 0.25) is 5.91 Å². The molecule has 0 saturated heterocycles. The van der Waals surface area contributed by atoms with Crippen LogP contribution in [0, 0.1) is 5.92 Å². The van der Waals surface area contributed by atoms with Gasteiger partial charge in [-0.3, -0.25) is 4.79 Å². The Morgan fingerprint density at radius 2 is 2.06 bits per heavy atom. The Balaban J connectivity index is 2.43. The van der Waals surface area contributed by atoms with Crippen molar-refractivity contribution >= 4 is 5.91 Å². The number of carbonyl (C=O) groups excluding carboxylic acids is 1. The summed E-state index contributed by atoms with van der Waals surface area (Å²) in [6.07, 6.45) is 3.63. The highest BCUT2D eigenvalue weighted by Gasteiger charge is 2.16. The summed E-state index contributed by atoms with van der Waals surface area (Å²) < 4.78 is 0. The molecule has 0 saturated carbocycles. The normalized spacial score (nSPS) is 14.4. The first kappa shape index (κ1) is 14.5. The number of amides is 1. The minimum atomic E-state index is -0.554. The molecule has 2 atom stereocenters. The fraction of sp³-hybridized carbons (Fsp3) is 0.400. The van der Waals surface area contributed by atoms with Gasteiger partial charge >= 0.3 is 0 Å². The third-order valence-electron chi connectivity index (χ3n) is 2.78. The molecule has 18 heavy (non-hydrogen) atoms. The van der Waals surface area contributed by atoms with Crippen LogP contribution >= 0.6 is 0 Å². The van der Waals surface area contributed by atoms with Crippen LogP contribution in [0.25, 0.3) is 0 Å². The molecule has 0 aliphatic rings. The van der Waals surface area contributed by atoms with Gasteiger partial charge in [-0.1, -0.05) is 50.3 Å². The van der Waals surface area contributed by atoms with Gasteiger partial charge in [0.1, 0.15) is 0 Å². The molecule has 0 spiro atoms. The number of hydrogen-bond acceptors (Lipinski definition) is 2. The molecule has 3 nitrogen and oxygen atoms in total. The Hall–Kier alpha value is -1.61. The van der Waals surface area contributed by atoms with Crippen LogP contribution in [0.15, 0.2) is 42.5 Å². The van der Waals surface area contributed by atoms with Gasteiger partial charge in [-0.05, 0) is 18.1 Å². The van der Waals surface area contributed by atoms with E-state index in [-0.39, 0.29) is 11.8 Å². The summed E-state index contributed by atoms with van der Waals surface area (Å²) in [5.74, 6) is -0.129. The highest BCUT2D eigenvalue weighted by atomic mass is 16.3. The number of nitrogens with one attached hydrogen (secondary N) is 1. The second-order valence-electron chi connectivity index (χ2n) is 4.39. The van der Waals surface area contributed by atoms with Crippen LogP contribution in [-0.2, 0) is 4.79 Å². The highest BCUT2D eigenvalue weighted by Crippen LogP contribution is 2.20. The fourth-order valence-corrected chi connectivity index (χ4v) is 1.64. The number of benzene rings is 1. The van der Waals surface area contributed by atoms with Crippen molar-refractivity contribution in [2.45, 2.75) is 26.4 Å². The lowest BCUT2D eigenvalue weighted by molar-refractivity contribution is -0.116. The van der Waals surface area contributed by atoms with Gasteiger partial charge in [0.05, 0.1) is 6.10 Å².